The fourth-order valence-electron chi connectivity index (χ4n) is 4.10. The third kappa shape index (κ3) is 2.59. The van der Waals surface area contributed by atoms with E-state index in [-0.39, 0.29) is 24.9 Å². The molecule has 2 N–H and O–H groups in total. The fraction of sp³-hybridized carbons (Fsp3) is 0.368. The van der Waals surface area contributed by atoms with Crippen molar-refractivity contribution >= 4 is 23.4 Å². The largest absolute Gasteiger partial charge is 0.368 e. The molecule has 1 fully saturated rings. The molecule has 0 bridgehead atoms. The number of fused-ring (bicyclic) bond motifs is 2. The van der Waals surface area contributed by atoms with Crippen LogP contribution in [0.15, 0.2) is 36.5 Å². The quantitative estimate of drug-likeness (QED) is 0.851. The van der Waals surface area contributed by atoms with E-state index in [0.29, 0.717) is 30.9 Å². The van der Waals surface area contributed by atoms with E-state index in [1.165, 1.54) is 4.90 Å². The second-order valence-corrected chi connectivity index (χ2v) is 6.99. The lowest BCUT2D eigenvalue weighted by molar-refractivity contribution is -0.125. The molecule has 27 heavy (non-hydrogen) atoms. The molecular weight excluding hydrogens is 346 g/mol. The van der Waals surface area contributed by atoms with Gasteiger partial charge in [-0.2, -0.15) is 5.10 Å². The van der Waals surface area contributed by atoms with Gasteiger partial charge in [-0.15, -0.1) is 0 Å². The van der Waals surface area contributed by atoms with Gasteiger partial charge < -0.3 is 15.5 Å². The van der Waals surface area contributed by atoms with E-state index >= 15 is 0 Å². The molecule has 1 saturated heterocycles. The number of nitrogens with zero attached hydrogens (tertiary/aromatic N) is 4. The summed E-state index contributed by atoms with van der Waals surface area (Å²) >= 11 is 0. The van der Waals surface area contributed by atoms with Crippen molar-refractivity contribution in [1.29, 1.82) is 0 Å². The van der Waals surface area contributed by atoms with Crippen molar-refractivity contribution in [1.82, 2.24) is 14.7 Å². The van der Waals surface area contributed by atoms with E-state index in [0.717, 1.165) is 5.56 Å². The normalized spacial score (nSPS) is 21.1. The highest BCUT2D eigenvalue weighted by Gasteiger charge is 2.55. The number of primary amides is 1. The van der Waals surface area contributed by atoms with Crippen LogP contribution in [0, 0.1) is 0 Å². The average molecular weight is 367 g/mol. The Kier molecular flexibility index (Phi) is 3.98. The van der Waals surface area contributed by atoms with Gasteiger partial charge in [-0.1, -0.05) is 18.2 Å². The van der Waals surface area contributed by atoms with Gasteiger partial charge in [0.15, 0.2) is 0 Å². The second kappa shape index (κ2) is 6.22. The lowest BCUT2D eigenvalue weighted by Crippen LogP contribution is -2.45. The molecule has 3 amide bonds. The SMILES string of the molecule is CCn1ccc(C(=O)N2CCC3(C2)C(=O)N(CC(N)=O)c2ccccc23)n1. The zero-order valence-corrected chi connectivity index (χ0v) is 15.1. The molecule has 1 spiro atoms. The number of nitrogens with two attached hydrogens (primary N) is 1. The van der Waals surface area contributed by atoms with Crippen molar-refractivity contribution in [3.63, 3.8) is 0 Å². The number of anilines is 1. The zero-order valence-electron chi connectivity index (χ0n) is 15.1. The molecule has 8 nitrogen and oxygen atoms in total. The predicted octanol–water partition coefficient (Wildman–Crippen LogP) is 0.519. The van der Waals surface area contributed by atoms with E-state index in [4.69, 9.17) is 5.73 Å². The monoisotopic (exact) mass is 367 g/mol. The van der Waals surface area contributed by atoms with Gasteiger partial charge in [0.25, 0.3) is 5.91 Å². The molecule has 0 radical (unpaired) electrons. The lowest BCUT2D eigenvalue weighted by Gasteiger charge is -2.24. The van der Waals surface area contributed by atoms with Crippen molar-refractivity contribution in [2.75, 3.05) is 24.5 Å². The minimum atomic E-state index is -0.824. The molecule has 1 atom stereocenters. The van der Waals surface area contributed by atoms with Gasteiger partial charge in [0.2, 0.25) is 11.8 Å². The maximum atomic E-state index is 13.2. The van der Waals surface area contributed by atoms with Gasteiger partial charge in [0.1, 0.15) is 12.2 Å². The third-order valence-electron chi connectivity index (χ3n) is 5.42. The number of benzene rings is 1. The molecular formula is C19H21N5O3. The van der Waals surface area contributed by atoms with Crippen LogP contribution in [-0.4, -0.2) is 52.0 Å². The first-order valence-electron chi connectivity index (χ1n) is 8.99. The maximum absolute atomic E-state index is 13.2. The van der Waals surface area contributed by atoms with Crippen LogP contribution in [0.4, 0.5) is 5.69 Å². The van der Waals surface area contributed by atoms with Gasteiger partial charge in [0.05, 0.1) is 5.41 Å². The molecule has 8 heteroatoms. The molecule has 1 aromatic heterocycles. The Labute approximate surface area is 156 Å². The van der Waals surface area contributed by atoms with Crippen molar-refractivity contribution in [3.8, 4) is 0 Å². The minimum Gasteiger partial charge on any atom is -0.368 e. The first-order chi connectivity index (χ1) is 13.0. The topological polar surface area (TPSA) is 102 Å². The average Bonchev–Trinajstić information content (AvgIpc) is 3.37. The number of aryl methyl sites for hydroxylation is 1. The van der Waals surface area contributed by atoms with Gasteiger partial charge in [0, 0.05) is 31.5 Å². The maximum Gasteiger partial charge on any atom is 0.274 e. The Hall–Kier alpha value is -3.16. The summed E-state index contributed by atoms with van der Waals surface area (Å²) in [6.45, 7) is 3.21. The van der Waals surface area contributed by atoms with Crippen LogP contribution in [0.2, 0.25) is 0 Å². The van der Waals surface area contributed by atoms with E-state index < -0.39 is 11.3 Å². The number of hydrogen-bond donors (Lipinski definition) is 1. The highest BCUT2D eigenvalue weighted by atomic mass is 16.2. The van der Waals surface area contributed by atoms with E-state index in [2.05, 4.69) is 5.10 Å². The van der Waals surface area contributed by atoms with Crippen LogP contribution in [-0.2, 0) is 21.5 Å². The van der Waals surface area contributed by atoms with Crippen molar-refractivity contribution in [2.45, 2.75) is 25.3 Å². The molecule has 1 unspecified atom stereocenters. The molecule has 4 rings (SSSR count). The molecule has 1 aromatic carbocycles. The number of aromatic nitrogens is 2. The minimum absolute atomic E-state index is 0.160. The van der Waals surface area contributed by atoms with Crippen LogP contribution in [0.25, 0.3) is 0 Å². The fourth-order valence-corrected chi connectivity index (χ4v) is 4.10. The van der Waals surface area contributed by atoms with Crippen LogP contribution in [0.5, 0.6) is 0 Å². The summed E-state index contributed by atoms with van der Waals surface area (Å²) in [4.78, 5) is 40.7. The van der Waals surface area contributed by atoms with Crippen LogP contribution in [0.3, 0.4) is 0 Å². The summed E-state index contributed by atoms with van der Waals surface area (Å²) in [6.07, 6.45) is 2.28. The molecule has 2 aliphatic rings. The summed E-state index contributed by atoms with van der Waals surface area (Å²) in [5, 5.41) is 4.27. The summed E-state index contributed by atoms with van der Waals surface area (Å²) in [5.74, 6) is -0.916. The number of para-hydroxylation sites is 1. The van der Waals surface area contributed by atoms with Crippen LogP contribution >= 0.6 is 0 Å². The smallest absolute Gasteiger partial charge is 0.274 e. The summed E-state index contributed by atoms with van der Waals surface area (Å²) in [5.41, 5.74) is 6.44. The van der Waals surface area contributed by atoms with Crippen LogP contribution in [0.1, 0.15) is 29.4 Å². The molecule has 2 aliphatic heterocycles. The Morgan fingerprint density at radius 2 is 2.04 bits per heavy atom. The predicted molar refractivity (Wildman–Crippen MR) is 98.1 cm³/mol. The summed E-state index contributed by atoms with van der Waals surface area (Å²) in [7, 11) is 0. The number of carbonyl (C=O) groups excluding carboxylic acids is 3. The van der Waals surface area contributed by atoms with Gasteiger partial charge in [-0.05, 0) is 31.0 Å². The zero-order chi connectivity index (χ0) is 19.2. The molecule has 2 aromatic rings. The summed E-state index contributed by atoms with van der Waals surface area (Å²) < 4.78 is 1.70. The van der Waals surface area contributed by atoms with Crippen LogP contribution < -0.4 is 10.6 Å². The molecule has 3 heterocycles. The number of hydrogen-bond acceptors (Lipinski definition) is 4. The second-order valence-electron chi connectivity index (χ2n) is 6.99. The Bertz CT molecular complexity index is 937. The number of amides is 3. The van der Waals surface area contributed by atoms with Crippen molar-refractivity contribution in [2.24, 2.45) is 5.73 Å². The van der Waals surface area contributed by atoms with Gasteiger partial charge in [-0.3, -0.25) is 19.1 Å². The number of carbonyl (C=O) groups is 3. The molecule has 0 aliphatic carbocycles. The number of likely N-dealkylation sites (tertiary alicyclic amines) is 1. The Morgan fingerprint density at radius 1 is 1.26 bits per heavy atom. The highest BCUT2D eigenvalue weighted by Crippen LogP contribution is 2.47. The number of rotatable bonds is 4. The Balaban J connectivity index is 1.65. The third-order valence-corrected chi connectivity index (χ3v) is 5.42. The first kappa shape index (κ1) is 17.3. The van der Waals surface area contributed by atoms with Crippen molar-refractivity contribution < 1.29 is 14.4 Å². The van der Waals surface area contributed by atoms with E-state index in [1.807, 2.05) is 31.2 Å². The first-order valence-corrected chi connectivity index (χ1v) is 8.99. The van der Waals surface area contributed by atoms with E-state index in [9.17, 15) is 14.4 Å². The van der Waals surface area contributed by atoms with E-state index in [1.54, 1.807) is 21.8 Å². The molecule has 140 valence electrons. The standard InChI is InChI=1S/C19H21N5O3/c1-2-23-9-7-14(21-23)17(26)22-10-8-19(12-22)13-5-3-4-6-15(13)24(18(19)27)11-16(20)25/h3-7,9H,2,8,10-12H2,1H3,(H2,20,25). The summed E-state index contributed by atoms with van der Waals surface area (Å²) in [6, 6.07) is 9.11. The van der Waals surface area contributed by atoms with Gasteiger partial charge >= 0.3 is 0 Å². The highest BCUT2D eigenvalue weighted by molar-refractivity contribution is 6.11. The molecule has 0 saturated carbocycles. The Morgan fingerprint density at radius 3 is 2.74 bits per heavy atom. The van der Waals surface area contributed by atoms with Gasteiger partial charge in [-0.25, -0.2) is 0 Å². The lowest BCUT2D eigenvalue weighted by atomic mass is 9.81. The van der Waals surface area contributed by atoms with Crippen molar-refractivity contribution in [3.05, 3.63) is 47.8 Å².